The van der Waals surface area contributed by atoms with Gasteiger partial charge in [-0.3, -0.25) is 9.59 Å². The second-order valence-corrected chi connectivity index (χ2v) is 4.73. The van der Waals surface area contributed by atoms with E-state index in [1.54, 1.807) is 11.8 Å². The molecule has 0 N–H and O–H groups in total. The third kappa shape index (κ3) is 5.59. The topological polar surface area (TPSA) is 55.8 Å². The Morgan fingerprint density at radius 1 is 1.26 bits per heavy atom. The molecule has 19 heavy (non-hydrogen) atoms. The monoisotopic (exact) mass is 271 g/mol. The highest BCUT2D eigenvalue weighted by atomic mass is 16.5. The van der Waals surface area contributed by atoms with Crippen LogP contribution in [-0.2, 0) is 19.1 Å². The molecule has 0 radical (unpaired) electrons. The Hall–Kier alpha value is -1.10. The minimum Gasteiger partial charge on any atom is -0.466 e. The molecule has 1 aliphatic heterocycles. The van der Waals surface area contributed by atoms with E-state index < -0.39 is 0 Å². The van der Waals surface area contributed by atoms with Gasteiger partial charge >= 0.3 is 5.97 Å². The highest BCUT2D eigenvalue weighted by Crippen LogP contribution is 2.18. The summed E-state index contributed by atoms with van der Waals surface area (Å²) in [7, 11) is 0. The number of carbonyl (C=O) groups is 2. The van der Waals surface area contributed by atoms with Crippen LogP contribution in [-0.4, -0.2) is 49.7 Å². The molecule has 1 amide bonds. The Morgan fingerprint density at radius 2 is 2.05 bits per heavy atom. The molecule has 0 aliphatic carbocycles. The second-order valence-electron chi connectivity index (χ2n) is 4.73. The molecule has 1 rings (SSSR count). The van der Waals surface area contributed by atoms with Crippen LogP contribution in [0.1, 0.15) is 39.5 Å². The first kappa shape index (κ1) is 16.0. The summed E-state index contributed by atoms with van der Waals surface area (Å²) >= 11 is 0. The number of nitrogens with zero attached hydrogens (tertiary/aromatic N) is 1. The first-order valence-corrected chi connectivity index (χ1v) is 7.21. The summed E-state index contributed by atoms with van der Waals surface area (Å²) in [6.45, 7) is 6.71. The molecule has 1 saturated heterocycles. The quantitative estimate of drug-likeness (QED) is 0.521. The zero-order valence-corrected chi connectivity index (χ0v) is 12.0. The van der Waals surface area contributed by atoms with Gasteiger partial charge in [0, 0.05) is 32.7 Å². The normalized spacial score (nSPS) is 19.3. The predicted molar refractivity (Wildman–Crippen MR) is 71.7 cm³/mol. The molecule has 1 heterocycles. The van der Waals surface area contributed by atoms with E-state index in [1.165, 1.54) is 0 Å². The maximum Gasteiger partial charge on any atom is 0.310 e. The summed E-state index contributed by atoms with van der Waals surface area (Å²) in [5, 5.41) is 0. The Kier molecular flexibility index (Phi) is 7.48. The summed E-state index contributed by atoms with van der Waals surface area (Å²) in [5.41, 5.74) is 0. The van der Waals surface area contributed by atoms with E-state index in [4.69, 9.17) is 9.47 Å². The summed E-state index contributed by atoms with van der Waals surface area (Å²) in [4.78, 5) is 25.5. The second kappa shape index (κ2) is 8.91. The van der Waals surface area contributed by atoms with Crippen molar-refractivity contribution >= 4 is 11.9 Å². The maximum absolute atomic E-state index is 12.0. The van der Waals surface area contributed by atoms with Crippen LogP contribution in [0.5, 0.6) is 0 Å². The third-order valence-electron chi connectivity index (χ3n) is 3.28. The van der Waals surface area contributed by atoms with Gasteiger partial charge in [0.25, 0.3) is 0 Å². The fraction of sp³-hybridized carbons (Fsp3) is 0.857. The van der Waals surface area contributed by atoms with Crippen molar-refractivity contribution in [1.29, 1.82) is 0 Å². The Balaban J connectivity index is 2.32. The molecule has 0 aromatic heterocycles. The molecular weight excluding hydrogens is 246 g/mol. The third-order valence-corrected chi connectivity index (χ3v) is 3.28. The average Bonchev–Trinajstić information content (AvgIpc) is 2.44. The van der Waals surface area contributed by atoms with Crippen molar-refractivity contribution in [2.75, 3.05) is 32.9 Å². The van der Waals surface area contributed by atoms with Crippen molar-refractivity contribution in [3.63, 3.8) is 0 Å². The van der Waals surface area contributed by atoms with Crippen LogP contribution in [0.4, 0.5) is 0 Å². The molecule has 5 heteroatoms. The highest BCUT2D eigenvalue weighted by molar-refractivity contribution is 5.78. The summed E-state index contributed by atoms with van der Waals surface area (Å²) in [6.07, 6.45) is 2.94. The van der Waals surface area contributed by atoms with E-state index in [2.05, 4.69) is 0 Å². The van der Waals surface area contributed by atoms with Gasteiger partial charge in [-0.1, -0.05) is 0 Å². The molecule has 1 fully saturated rings. The largest absolute Gasteiger partial charge is 0.466 e. The van der Waals surface area contributed by atoms with Crippen LogP contribution in [0.15, 0.2) is 0 Å². The van der Waals surface area contributed by atoms with Crippen LogP contribution < -0.4 is 0 Å². The fourth-order valence-corrected chi connectivity index (χ4v) is 2.28. The zero-order valence-electron chi connectivity index (χ0n) is 12.0. The molecule has 0 bridgehead atoms. The van der Waals surface area contributed by atoms with E-state index >= 15 is 0 Å². The Morgan fingerprint density at radius 3 is 2.74 bits per heavy atom. The number of esters is 1. The molecule has 5 nitrogen and oxygen atoms in total. The van der Waals surface area contributed by atoms with Crippen molar-refractivity contribution in [2.45, 2.75) is 39.5 Å². The van der Waals surface area contributed by atoms with Gasteiger partial charge in [-0.05, 0) is 33.1 Å². The standard InChI is InChI=1S/C14H25NO4/c1-3-18-10-6-8-13(16)15-9-5-7-12(11-15)14(17)19-4-2/h12H,3-11H2,1-2H3. The number of rotatable bonds is 7. The number of piperidine rings is 1. The van der Waals surface area contributed by atoms with Crippen LogP contribution in [0, 0.1) is 5.92 Å². The molecule has 1 unspecified atom stereocenters. The van der Waals surface area contributed by atoms with Crippen molar-refractivity contribution < 1.29 is 19.1 Å². The van der Waals surface area contributed by atoms with Crippen LogP contribution >= 0.6 is 0 Å². The van der Waals surface area contributed by atoms with Crippen molar-refractivity contribution in [3.8, 4) is 0 Å². The van der Waals surface area contributed by atoms with Crippen molar-refractivity contribution in [3.05, 3.63) is 0 Å². The molecule has 0 spiro atoms. The van der Waals surface area contributed by atoms with Crippen LogP contribution in [0.2, 0.25) is 0 Å². The van der Waals surface area contributed by atoms with Gasteiger partial charge < -0.3 is 14.4 Å². The molecule has 1 aliphatic rings. The average molecular weight is 271 g/mol. The Labute approximate surface area is 115 Å². The first-order valence-electron chi connectivity index (χ1n) is 7.21. The summed E-state index contributed by atoms with van der Waals surface area (Å²) < 4.78 is 10.2. The van der Waals surface area contributed by atoms with Crippen molar-refractivity contribution in [2.24, 2.45) is 5.92 Å². The first-order chi connectivity index (χ1) is 9.19. The molecule has 0 aromatic carbocycles. The van der Waals surface area contributed by atoms with Crippen LogP contribution in [0.25, 0.3) is 0 Å². The number of likely N-dealkylation sites (tertiary alicyclic amines) is 1. The van der Waals surface area contributed by atoms with E-state index in [1.807, 2.05) is 6.92 Å². The lowest BCUT2D eigenvalue weighted by Gasteiger charge is -2.31. The highest BCUT2D eigenvalue weighted by Gasteiger charge is 2.28. The van der Waals surface area contributed by atoms with Crippen LogP contribution in [0.3, 0.4) is 0 Å². The number of hydrogen-bond acceptors (Lipinski definition) is 4. The minimum absolute atomic E-state index is 0.119. The number of ether oxygens (including phenoxy) is 2. The lowest BCUT2D eigenvalue weighted by Crippen LogP contribution is -2.42. The van der Waals surface area contributed by atoms with E-state index in [0.29, 0.717) is 32.8 Å². The summed E-state index contributed by atoms with van der Waals surface area (Å²) in [6, 6.07) is 0. The fourth-order valence-electron chi connectivity index (χ4n) is 2.28. The number of carbonyl (C=O) groups excluding carboxylic acids is 2. The molecule has 110 valence electrons. The van der Waals surface area contributed by atoms with E-state index in [0.717, 1.165) is 25.8 Å². The minimum atomic E-state index is -0.172. The van der Waals surface area contributed by atoms with Gasteiger partial charge in [0.15, 0.2) is 0 Å². The van der Waals surface area contributed by atoms with Gasteiger partial charge in [0.05, 0.1) is 12.5 Å². The van der Waals surface area contributed by atoms with Gasteiger partial charge in [0.1, 0.15) is 0 Å². The lowest BCUT2D eigenvalue weighted by atomic mass is 9.98. The lowest BCUT2D eigenvalue weighted by molar-refractivity contribution is -0.151. The Bertz CT molecular complexity index is 293. The SMILES string of the molecule is CCOCCCC(=O)N1CCCC(C(=O)OCC)C1. The predicted octanol–water partition coefficient (Wildman–Crippen LogP) is 1.60. The van der Waals surface area contributed by atoms with E-state index in [9.17, 15) is 9.59 Å². The van der Waals surface area contributed by atoms with Gasteiger partial charge in [0.2, 0.25) is 5.91 Å². The van der Waals surface area contributed by atoms with Gasteiger partial charge in [-0.2, -0.15) is 0 Å². The molecular formula is C14H25NO4. The molecule has 0 saturated carbocycles. The van der Waals surface area contributed by atoms with E-state index in [-0.39, 0.29) is 17.8 Å². The maximum atomic E-state index is 12.0. The molecule has 1 atom stereocenters. The smallest absolute Gasteiger partial charge is 0.310 e. The molecule has 0 aromatic rings. The van der Waals surface area contributed by atoms with Gasteiger partial charge in [-0.25, -0.2) is 0 Å². The van der Waals surface area contributed by atoms with Crippen molar-refractivity contribution in [1.82, 2.24) is 4.90 Å². The number of hydrogen-bond donors (Lipinski definition) is 0. The zero-order chi connectivity index (χ0) is 14.1. The summed E-state index contributed by atoms with van der Waals surface area (Å²) in [5.74, 6) is -0.201. The van der Waals surface area contributed by atoms with Gasteiger partial charge in [-0.15, -0.1) is 0 Å². The number of amides is 1.